The van der Waals surface area contributed by atoms with Crippen molar-refractivity contribution in [3.05, 3.63) is 12.7 Å². The molecule has 0 aliphatic heterocycles. The Morgan fingerprint density at radius 3 is 2.29 bits per heavy atom. The number of rotatable bonds is 9. The molecule has 2 nitrogen and oxygen atoms in total. The molecule has 0 radical (unpaired) electrons. The van der Waals surface area contributed by atoms with Gasteiger partial charge in [-0.2, -0.15) is 0 Å². The number of carbonyl (C=O) groups excluding carboxylic acids is 2. The summed E-state index contributed by atoms with van der Waals surface area (Å²) in [6, 6.07) is 0. The standard InChI is InChI=1S/C12H20O2/c1-3-4-9-12(14)10-7-5-6-8-11(2)13/h3H,1,4-10H2,2H3. The summed E-state index contributed by atoms with van der Waals surface area (Å²) in [7, 11) is 0. The van der Waals surface area contributed by atoms with Crippen molar-refractivity contribution in [1.29, 1.82) is 0 Å². The highest BCUT2D eigenvalue weighted by Gasteiger charge is 2.00. The van der Waals surface area contributed by atoms with Gasteiger partial charge in [-0.05, 0) is 26.2 Å². The summed E-state index contributed by atoms with van der Waals surface area (Å²) in [6.07, 6.45) is 7.31. The fourth-order valence-corrected chi connectivity index (χ4v) is 1.26. The van der Waals surface area contributed by atoms with E-state index >= 15 is 0 Å². The molecular weight excluding hydrogens is 176 g/mol. The SMILES string of the molecule is C=CCCC(=O)CCCCCC(C)=O. The van der Waals surface area contributed by atoms with Crippen molar-refractivity contribution in [2.45, 2.75) is 51.9 Å². The van der Waals surface area contributed by atoms with Gasteiger partial charge in [-0.15, -0.1) is 6.58 Å². The minimum absolute atomic E-state index is 0.239. The van der Waals surface area contributed by atoms with Crippen molar-refractivity contribution >= 4 is 11.6 Å². The van der Waals surface area contributed by atoms with Crippen LogP contribution in [0.2, 0.25) is 0 Å². The summed E-state index contributed by atoms with van der Waals surface area (Å²) in [5, 5.41) is 0. The van der Waals surface area contributed by atoms with Gasteiger partial charge in [0.15, 0.2) is 0 Å². The van der Waals surface area contributed by atoms with Crippen molar-refractivity contribution in [1.82, 2.24) is 0 Å². The molecule has 0 aromatic rings. The highest BCUT2D eigenvalue weighted by molar-refractivity contribution is 5.78. The Kier molecular flexibility index (Phi) is 8.10. The van der Waals surface area contributed by atoms with E-state index in [9.17, 15) is 9.59 Å². The average molecular weight is 196 g/mol. The Bertz CT molecular complexity index is 194. The number of hydrogen-bond donors (Lipinski definition) is 0. The van der Waals surface area contributed by atoms with E-state index in [4.69, 9.17) is 0 Å². The monoisotopic (exact) mass is 196 g/mol. The second-order valence-electron chi connectivity index (χ2n) is 3.63. The zero-order valence-corrected chi connectivity index (χ0v) is 9.05. The molecule has 14 heavy (non-hydrogen) atoms. The Morgan fingerprint density at radius 2 is 1.71 bits per heavy atom. The topological polar surface area (TPSA) is 34.1 Å². The Hall–Kier alpha value is -0.920. The number of carbonyl (C=O) groups is 2. The lowest BCUT2D eigenvalue weighted by Gasteiger charge is -1.99. The van der Waals surface area contributed by atoms with E-state index < -0.39 is 0 Å². The van der Waals surface area contributed by atoms with Crippen molar-refractivity contribution < 1.29 is 9.59 Å². The maximum absolute atomic E-state index is 11.2. The van der Waals surface area contributed by atoms with Crippen LogP contribution < -0.4 is 0 Å². The summed E-state index contributed by atoms with van der Waals surface area (Å²) in [6.45, 7) is 5.18. The van der Waals surface area contributed by atoms with E-state index in [-0.39, 0.29) is 5.78 Å². The van der Waals surface area contributed by atoms with Gasteiger partial charge in [0.05, 0.1) is 0 Å². The van der Waals surface area contributed by atoms with E-state index in [0.29, 0.717) is 25.0 Å². The molecule has 0 aliphatic carbocycles. The first-order valence-corrected chi connectivity index (χ1v) is 5.29. The number of allylic oxidation sites excluding steroid dienone is 1. The lowest BCUT2D eigenvalue weighted by atomic mass is 10.1. The van der Waals surface area contributed by atoms with E-state index in [1.54, 1.807) is 13.0 Å². The molecule has 0 N–H and O–H groups in total. The van der Waals surface area contributed by atoms with E-state index in [1.165, 1.54) is 0 Å². The minimum atomic E-state index is 0.239. The van der Waals surface area contributed by atoms with Crippen LogP contribution in [0.15, 0.2) is 12.7 Å². The lowest BCUT2D eigenvalue weighted by Crippen LogP contribution is -1.97. The third-order valence-corrected chi connectivity index (χ3v) is 2.11. The normalized spacial score (nSPS) is 9.79. The average Bonchev–Trinajstić information content (AvgIpc) is 2.13. The molecule has 0 heterocycles. The van der Waals surface area contributed by atoms with E-state index in [0.717, 1.165) is 25.7 Å². The zero-order chi connectivity index (χ0) is 10.8. The van der Waals surface area contributed by atoms with E-state index in [2.05, 4.69) is 6.58 Å². The second-order valence-corrected chi connectivity index (χ2v) is 3.63. The molecule has 0 aromatic carbocycles. The van der Waals surface area contributed by atoms with E-state index in [1.807, 2.05) is 0 Å². The van der Waals surface area contributed by atoms with Crippen LogP contribution in [0.1, 0.15) is 51.9 Å². The first kappa shape index (κ1) is 13.1. The van der Waals surface area contributed by atoms with Crippen molar-refractivity contribution in [3.63, 3.8) is 0 Å². The Balaban J connectivity index is 3.22. The molecular formula is C12H20O2. The maximum Gasteiger partial charge on any atom is 0.133 e. The number of Topliss-reactive ketones (excluding diaryl/α,β-unsaturated/α-hetero) is 2. The largest absolute Gasteiger partial charge is 0.300 e. The van der Waals surface area contributed by atoms with Crippen molar-refractivity contribution in [2.24, 2.45) is 0 Å². The third-order valence-electron chi connectivity index (χ3n) is 2.11. The fourth-order valence-electron chi connectivity index (χ4n) is 1.26. The molecule has 80 valence electrons. The predicted molar refractivity (Wildman–Crippen MR) is 58.2 cm³/mol. The molecule has 2 heteroatoms. The smallest absolute Gasteiger partial charge is 0.133 e. The second kappa shape index (κ2) is 8.67. The Labute approximate surface area is 86.4 Å². The molecule has 0 saturated heterocycles. The lowest BCUT2D eigenvalue weighted by molar-refractivity contribution is -0.119. The fraction of sp³-hybridized carbons (Fsp3) is 0.667. The third kappa shape index (κ3) is 9.17. The molecule has 0 atom stereocenters. The van der Waals surface area contributed by atoms with Gasteiger partial charge in [0.2, 0.25) is 0 Å². The highest BCUT2D eigenvalue weighted by Crippen LogP contribution is 2.06. The van der Waals surface area contributed by atoms with Crippen LogP contribution in [0, 0.1) is 0 Å². The minimum Gasteiger partial charge on any atom is -0.300 e. The molecule has 0 fully saturated rings. The zero-order valence-electron chi connectivity index (χ0n) is 9.05. The van der Waals surface area contributed by atoms with Gasteiger partial charge in [0.1, 0.15) is 11.6 Å². The van der Waals surface area contributed by atoms with Crippen LogP contribution >= 0.6 is 0 Å². The highest BCUT2D eigenvalue weighted by atomic mass is 16.1. The van der Waals surface area contributed by atoms with Crippen molar-refractivity contribution in [2.75, 3.05) is 0 Å². The van der Waals surface area contributed by atoms with Gasteiger partial charge < -0.3 is 4.79 Å². The molecule has 0 aromatic heterocycles. The molecule has 0 saturated carbocycles. The van der Waals surface area contributed by atoms with Gasteiger partial charge >= 0.3 is 0 Å². The molecule has 0 spiro atoms. The van der Waals surface area contributed by atoms with Crippen molar-refractivity contribution in [3.8, 4) is 0 Å². The summed E-state index contributed by atoms with van der Waals surface area (Å²) in [4.78, 5) is 21.8. The summed E-state index contributed by atoms with van der Waals surface area (Å²) in [5.41, 5.74) is 0. The van der Waals surface area contributed by atoms with Gasteiger partial charge in [-0.25, -0.2) is 0 Å². The van der Waals surface area contributed by atoms with Gasteiger partial charge in [0, 0.05) is 19.3 Å². The van der Waals surface area contributed by atoms with Crippen LogP contribution in [0.4, 0.5) is 0 Å². The number of ketones is 2. The maximum atomic E-state index is 11.2. The van der Waals surface area contributed by atoms with Crippen LogP contribution in [0.3, 0.4) is 0 Å². The Morgan fingerprint density at radius 1 is 1.07 bits per heavy atom. The molecule has 0 bridgehead atoms. The molecule has 0 unspecified atom stereocenters. The van der Waals surface area contributed by atoms with Crippen LogP contribution in [0.5, 0.6) is 0 Å². The molecule has 0 amide bonds. The molecule has 0 rings (SSSR count). The van der Waals surface area contributed by atoms with Gasteiger partial charge in [0.25, 0.3) is 0 Å². The molecule has 0 aliphatic rings. The summed E-state index contributed by atoms with van der Waals surface area (Å²) >= 11 is 0. The van der Waals surface area contributed by atoms with Gasteiger partial charge in [-0.3, -0.25) is 4.79 Å². The van der Waals surface area contributed by atoms with Crippen LogP contribution in [-0.4, -0.2) is 11.6 Å². The van der Waals surface area contributed by atoms with Crippen LogP contribution in [-0.2, 0) is 9.59 Å². The first-order chi connectivity index (χ1) is 6.66. The summed E-state index contributed by atoms with van der Waals surface area (Å²) in [5.74, 6) is 0.552. The van der Waals surface area contributed by atoms with Gasteiger partial charge in [-0.1, -0.05) is 12.5 Å². The number of unbranched alkanes of at least 4 members (excludes halogenated alkanes) is 2. The first-order valence-electron chi connectivity index (χ1n) is 5.29. The van der Waals surface area contributed by atoms with Crippen LogP contribution in [0.25, 0.3) is 0 Å². The quantitative estimate of drug-likeness (QED) is 0.419. The number of hydrogen-bond acceptors (Lipinski definition) is 2. The predicted octanol–water partition coefficient (Wildman–Crippen LogP) is 3.06. The summed E-state index contributed by atoms with van der Waals surface area (Å²) < 4.78 is 0.